The minimum atomic E-state index is -0.329. The molecule has 5 heteroatoms. The number of fused-ring (bicyclic) bond motifs is 1. The Morgan fingerprint density at radius 3 is 2.94 bits per heavy atom. The van der Waals surface area contributed by atoms with Crippen LogP contribution < -0.4 is 16.4 Å². The van der Waals surface area contributed by atoms with Crippen LogP contribution in [0.3, 0.4) is 0 Å². The van der Waals surface area contributed by atoms with Gasteiger partial charge in [0.1, 0.15) is 0 Å². The monoisotopic (exact) mass is 235 g/mol. The molecule has 0 aliphatic rings. The van der Waals surface area contributed by atoms with E-state index in [1.807, 2.05) is 18.2 Å². The van der Waals surface area contributed by atoms with Crippen LogP contribution in [0.4, 0.5) is 5.69 Å². The molecule has 2 N–H and O–H groups in total. The summed E-state index contributed by atoms with van der Waals surface area (Å²) >= 11 is 0. The highest BCUT2D eigenvalue weighted by Gasteiger charge is 2.05. The third-order valence-corrected chi connectivity index (χ3v) is 2.67. The highest BCUT2D eigenvalue weighted by Crippen LogP contribution is 2.17. The van der Waals surface area contributed by atoms with Crippen LogP contribution >= 0.6 is 0 Å². The fourth-order valence-corrected chi connectivity index (χ4v) is 1.72. The molecular weight excluding hydrogens is 218 g/mol. The summed E-state index contributed by atoms with van der Waals surface area (Å²) in [7, 11) is 1.70. The Kier molecular flexibility index (Phi) is 3.49. The highest BCUT2D eigenvalue weighted by atomic mass is 16.4. The van der Waals surface area contributed by atoms with Crippen LogP contribution in [0.5, 0.6) is 0 Å². The molecule has 0 aliphatic heterocycles. The van der Waals surface area contributed by atoms with Crippen molar-refractivity contribution in [2.24, 2.45) is 7.05 Å². The highest BCUT2D eigenvalue weighted by molar-refractivity contribution is 5.77. The first-order chi connectivity index (χ1) is 8.22. The van der Waals surface area contributed by atoms with Crippen molar-refractivity contribution in [3.63, 3.8) is 0 Å². The van der Waals surface area contributed by atoms with Crippen LogP contribution in [0.1, 0.15) is 6.92 Å². The first-order valence-electron chi connectivity index (χ1n) is 5.76. The molecule has 0 saturated heterocycles. The van der Waals surface area contributed by atoms with E-state index in [9.17, 15) is 4.79 Å². The van der Waals surface area contributed by atoms with Gasteiger partial charge in [-0.15, -0.1) is 0 Å². The molecule has 1 aromatic carbocycles. The van der Waals surface area contributed by atoms with Crippen LogP contribution in [0, 0.1) is 0 Å². The van der Waals surface area contributed by atoms with E-state index in [0.29, 0.717) is 5.58 Å². The number of nitrogens with zero attached hydrogens (tertiary/aromatic N) is 1. The number of anilines is 1. The molecule has 92 valence electrons. The molecule has 1 heterocycles. The van der Waals surface area contributed by atoms with Crippen molar-refractivity contribution in [1.29, 1.82) is 0 Å². The Hall–Kier alpha value is -1.75. The summed E-state index contributed by atoms with van der Waals surface area (Å²) in [5, 5.41) is 6.50. The average molecular weight is 235 g/mol. The molecule has 0 amide bonds. The van der Waals surface area contributed by atoms with E-state index in [1.54, 1.807) is 7.05 Å². The summed E-state index contributed by atoms with van der Waals surface area (Å²) < 4.78 is 6.62. The maximum atomic E-state index is 11.3. The van der Waals surface area contributed by atoms with Gasteiger partial charge in [0.2, 0.25) is 0 Å². The molecule has 5 nitrogen and oxygen atoms in total. The Labute approximate surface area is 99.4 Å². The molecule has 0 aliphatic carbocycles. The van der Waals surface area contributed by atoms with Crippen LogP contribution in [0.15, 0.2) is 27.4 Å². The van der Waals surface area contributed by atoms with Gasteiger partial charge in [-0.25, -0.2) is 4.79 Å². The number of aromatic nitrogens is 1. The summed E-state index contributed by atoms with van der Waals surface area (Å²) in [6.45, 7) is 4.79. The predicted octanol–water partition coefficient (Wildman–Crippen LogP) is 1.15. The standard InChI is InChI=1S/C12H17N3O2/c1-3-13-6-7-14-9-4-5-10-11(8-9)17-12(16)15(10)2/h4-5,8,13-14H,3,6-7H2,1-2H3. The fourth-order valence-electron chi connectivity index (χ4n) is 1.72. The molecule has 17 heavy (non-hydrogen) atoms. The van der Waals surface area contributed by atoms with Gasteiger partial charge in [-0.3, -0.25) is 4.57 Å². The molecule has 0 spiro atoms. The van der Waals surface area contributed by atoms with E-state index in [2.05, 4.69) is 17.6 Å². The van der Waals surface area contributed by atoms with Gasteiger partial charge >= 0.3 is 5.76 Å². The molecule has 1 aromatic heterocycles. The van der Waals surface area contributed by atoms with Crippen LogP contribution in [-0.2, 0) is 7.05 Å². The SMILES string of the molecule is CCNCCNc1ccc2c(c1)oc(=O)n2C. The molecule has 2 aromatic rings. The Morgan fingerprint density at radius 2 is 2.18 bits per heavy atom. The smallest absolute Gasteiger partial charge is 0.408 e. The third kappa shape index (κ3) is 2.50. The zero-order valence-corrected chi connectivity index (χ0v) is 10.1. The van der Waals surface area contributed by atoms with Crippen LogP contribution in [0.25, 0.3) is 11.1 Å². The van der Waals surface area contributed by atoms with Crippen LogP contribution in [0.2, 0.25) is 0 Å². The van der Waals surface area contributed by atoms with E-state index in [0.717, 1.165) is 30.8 Å². The quantitative estimate of drug-likeness (QED) is 0.763. The molecule has 0 radical (unpaired) electrons. The average Bonchev–Trinajstić information content (AvgIpc) is 2.61. The number of rotatable bonds is 5. The number of aryl methyl sites for hydroxylation is 1. The number of nitrogens with one attached hydrogen (secondary N) is 2. The van der Waals surface area contributed by atoms with Crippen molar-refractivity contribution in [2.75, 3.05) is 25.0 Å². The van der Waals surface area contributed by atoms with Gasteiger partial charge in [-0.1, -0.05) is 6.92 Å². The number of benzene rings is 1. The van der Waals surface area contributed by atoms with Crippen molar-refractivity contribution >= 4 is 16.8 Å². The molecular formula is C12H17N3O2. The third-order valence-electron chi connectivity index (χ3n) is 2.67. The Morgan fingerprint density at radius 1 is 1.35 bits per heavy atom. The van der Waals surface area contributed by atoms with Crippen molar-refractivity contribution in [1.82, 2.24) is 9.88 Å². The van der Waals surface area contributed by atoms with E-state index >= 15 is 0 Å². The minimum Gasteiger partial charge on any atom is -0.408 e. The van der Waals surface area contributed by atoms with Crippen LogP contribution in [-0.4, -0.2) is 24.2 Å². The maximum absolute atomic E-state index is 11.3. The second kappa shape index (κ2) is 5.05. The van der Waals surface area contributed by atoms with E-state index in [1.165, 1.54) is 4.57 Å². The van der Waals surface area contributed by atoms with Gasteiger partial charge < -0.3 is 15.1 Å². The zero-order valence-electron chi connectivity index (χ0n) is 10.1. The first kappa shape index (κ1) is 11.7. The number of hydrogen-bond donors (Lipinski definition) is 2. The summed E-state index contributed by atoms with van der Waals surface area (Å²) in [4.78, 5) is 11.3. The number of hydrogen-bond acceptors (Lipinski definition) is 4. The van der Waals surface area contributed by atoms with Crippen molar-refractivity contribution < 1.29 is 4.42 Å². The lowest BCUT2D eigenvalue weighted by Gasteiger charge is -2.06. The van der Waals surface area contributed by atoms with E-state index in [4.69, 9.17) is 4.42 Å². The Bertz CT molecular complexity index is 556. The molecule has 0 unspecified atom stereocenters. The van der Waals surface area contributed by atoms with Crippen molar-refractivity contribution in [3.05, 3.63) is 28.7 Å². The maximum Gasteiger partial charge on any atom is 0.419 e. The topological polar surface area (TPSA) is 59.2 Å². The van der Waals surface area contributed by atoms with Gasteiger partial charge in [-0.05, 0) is 18.7 Å². The molecule has 0 bridgehead atoms. The molecule has 0 saturated carbocycles. The van der Waals surface area contributed by atoms with Crippen molar-refractivity contribution in [3.8, 4) is 0 Å². The normalized spacial score (nSPS) is 10.9. The minimum absolute atomic E-state index is 0.329. The number of likely N-dealkylation sites (N-methyl/N-ethyl adjacent to an activating group) is 1. The summed E-state index contributed by atoms with van der Waals surface area (Å²) in [6, 6.07) is 5.68. The Balaban J connectivity index is 2.12. The van der Waals surface area contributed by atoms with Gasteiger partial charge in [0, 0.05) is 31.9 Å². The van der Waals surface area contributed by atoms with Gasteiger partial charge in [0.15, 0.2) is 5.58 Å². The predicted molar refractivity (Wildman–Crippen MR) is 68.5 cm³/mol. The summed E-state index contributed by atoms with van der Waals surface area (Å²) in [6.07, 6.45) is 0. The second-order valence-corrected chi connectivity index (χ2v) is 3.89. The lowest BCUT2D eigenvalue weighted by Crippen LogP contribution is -2.21. The van der Waals surface area contributed by atoms with Gasteiger partial charge in [0.05, 0.1) is 5.52 Å². The fraction of sp³-hybridized carbons (Fsp3) is 0.417. The summed E-state index contributed by atoms with van der Waals surface area (Å²) in [5.41, 5.74) is 2.39. The summed E-state index contributed by atoms with van der Waals surface area (Å²) in [5.74, 6) is -0.329. The lowest BCUT2D eigenvalue weighted by molar-refractivity contribution is 0.528. The van der Waals surface area contributed by atoms with Crippen molar-refractivity contribution in [2.45, 2.75) is 6.92 Å². The number of oxazole rings is 1. The van der Waals surface area contributed by atoms with E-state index in [-0.39, 0.29) is 5.76 Å². The largest absolute Gasteiger partial charge is 0.419 e. The van der Waals surface area contributed by atoms with Gasteiger partial charge in [-0.2, -0.15) is 0 Å². The van der Waals surface area contributed by atoms with Gasteiger partial charge in [0.25, 0.3) is 0 Å². The van der Waals surface area contributed by atoms with E-state index < -0.39 is 0 Å². The molecule has 0 atom stereocenters. The second-order valence-electron chi connectivity index (χ2n) is 3.89. The molecule has 0 fully saturated rings. The lowest BCUT2D eigenvalue weighted by atomic mass is 10.3. The molecule has 2 rings (SSSR count). The zero-order chi connectivity index (χ0) is 12.3. The first-order valence-corrected chi connectivity index (χ1v) is 5.76.